The minimum atomic E-state index is -1.27. The van der Waals surface area contributed by atoms with Gasteiger partial charge in [0.15, 0.2) is 6.29 Å². The van der Waals surface area contributed by atoms with E-state index in [-0.39, 0.29) is 24.5 Å². The molecule has 2 fully saturated rings. The molecular weight excluding hydrogens is 464 g/mol. The summed E-state index contributed by atoms with van der Waals surface area (Å²) >= 11 is 0. The molecule has 1 saturated heterocycles. The number of carbonyl (C=O) groups excluding carboxylic acids is 3. The molecule has 0 aromatic heterocycles. The molecule has 1 atom stereocenters. The highest BCUT2D eigenvalue weighted by Crippen LogP contribution is 2.18. The number of likely N-dealkylation sites (N-methyl/N-ethyl adjacent to an activating group) is 1. The zero-order valence-electron chi connectivity index (χ0n) is 21.8. The van der Waals surface area contributed by atoms with Crippen LogP contribution in [0.2, 0.25) is 0 Å². The molecule has 1 amide bonds. The summed E-state index contributed by atoms with van der Waals surface area (Å²) in [5.41, 5.74) is 0.912. The number of carbonyl (C=O) groups is 3. The number of benzene rings is 1. The predicted octanol–water partition coefficient (Wildman–Crippen LogP) is 2.61. The second kappa shape index (κ2) is 19.7. The second-order valence-electron chi connectivity index (χ2n) is 8.91. The standard InChI is InChI=1S/C12H16O4.C9H16N2O3.C6H12/c13-7-6-10-3-1-4-11(9-10)16-8-2-5-12(14)15;1-10-6-8(12)11-5-3-4-7(11)9(13)14-2;1-2-4-6-5-3-1/h1,3-4,7,9,12,14-15H,2,5-6,8H2;7,10H,3-6H2,1-2H3;1-6H2. The van der Waals surface area contributed by atoms with E-state index in [2.05, 4.69) is 10.1 Å². The van der Waals surface area contributed by atoms with Gasteiger partial charge in [-0.3, -0.25) is 4.79 Å². The highest BCUT2D eigenvalue weighted by molar-refractivity contribution is 5.86. The maximum absolute atomic E-state index is 11.5. The number of hydrogen-bond acceptors (Lipinski definition) is 8. The maximum atomic E-state index is 11.5. The molecule has 3 rings (SSSR count). The van der Waals surface area contributed by atoms with Gasteiger partial charge < -0.3 is 34.7 Å². The third-order valence-corrected chi connectivity index (χ3v) is 5.97. The first kappa shape index (κ1) is 31.5. The van der Waals surface area contributed by atoms with E-state index in [1.54, 1.807) is 11.9 Å². The average molecular weight is 509 g/mol. The number of methoxy groups -OCH3 is 1. The number of hydrogen-bond donors (Lipinski definition) is 3. The molecule has 9 heteroatoms. The topological polar surface area (TPSA) is 125 Å². The van der Waals surface area contributed by atoms with Gasteiger partial charge in [0.2, 0.25) is 5.91 Å². The van der Waals surface area contributed by atoms with E-state index < -0.39 is 6.29 Å². The number of rotatable bonds is 10. The molecule has 1 aromatic carbocycles. The normalized spacial score (nSPS) is 16.8. The van der Waals surface area contributed by atoms with Crippen LogP contribution in [-0.4, -0.2) is 79.5 Å². The van der Waals surface area contributed by atoms with Crippen molar-refractivity contribution in [1.29, 1.82) is 0 Å². The Kier molecular flexibility index (Phi) is 17.2. The van der Waals surface area contributed by atoms with Gasteiger partial charge in [-0.15, -0.1) is 0 Å². The van der Waals surface area contributed by atoms with Gasteiger partial charge in [-0.05, 0) is 44.0 Å². The number of nitrogens with zero attached hydrogens (tertiary/aromatic N) is 1. The summed E-state index contributed by atoms with van der Waals surface area (Å²) in [6.07, 6.45) is 11.4. The number of esters is 1. The fourth-order valence-electron chi connectivity index (χ4n) is 4.07. The molecule has 1 saturated carbocycles. The van der Waals surface area contributed by atoms with E-state index in [1.165, 1.54) is 45.6 Å². The Balaban J connectivity index is 0.000000295. The number of ether oxygens (including phenoxy) is 2. The molecule has 9 nitrogen and oxygen atoms in total. The van der Waals surface area contributed by atoms with Crippen LogP contribution in [0.1, 0.15) is 69.8 Å². The molecule has 2 aliphatic rings. The summed E-state index contributed by atoms with van der Waals surface area (Å²) in [4.78, 5) is 34.7. The largest absolute Gasteiger partial charge is 0.494 e. The van der Waals surface area contributed by atoms with Crippen molar-refractivity contribution in [2.45, 2.75) is 83.0 Å². The smallest absolute Gasteiger partial charge is 0.328 e. The van der Waals surface area contributed by atoms with Crippen molar-refractivity contribution in [2.24, 2.45) is 0 Å². The van der Waals surface area contributed by atoms with Gasteiger partial charge in [0.1, 0.15) is 18.1 Å². The Morgan fingerprint density at radius 2 is 1.81 bits per heavy atom. The number of likely N-dealkylation sites (tertiary alicyclic amines) is 1. The molecule has 1 heterocycles. The Labute approximate surface area is 215 Å². The maximum Gasteiger partial charge on any atom is 0.328 e. The van der Waals surface area contributed by atoms with Gasteiger partial charge in [-0.25, -0.2) is 4.79 Å². The third kappa shape index (κ3) is 13.6. The predicted molar refractivity (Wildman–Crippen MR) is 138 cm³/mol. The number of aldehydes is 1. The first-order valence-electron chi connectivity index (χ1n) is 13.0. The van der Waals surface area contributed by atoms with E-state index >= 15 is 0 Å². The molecule has 0 spiro atoms. The van der Waals surface area contributed by atoms with E-state index in [1.807, 2.05) is 24.3 Å². The van der Waals surface area contributed by atoms with Crippen molar-refractivity contribution in [2.75, 3.05) is 33.9 Å². The Bertz CT molecular complexity index is 742. The van der Waals surface area contributed by atoms with Gasteiger partial charge in [0.05, 0.1) is 20.3 Å². The molecule has 1 aromatic rings. The van der Waals surface area contributed by atoms with Crippen molar-refractivity contribution in [1.82, 2.24) is 10.2 Å². The molecule has 0 bridgehead atoms. The van der Waals surface area contributed by atoms with Crippen LogP contribution in [0.5, 0.6) is 5.75 Å². The summed E-state index contributed by atoms with van der Waals surface area (Å²) < 4.78 is 10.0. The Morgan fingerprint density at radius 1 is 1.14 bits per heavy atom. The van der Waals surface area contributed by atoms with Crippen LogP contribution in [-0.2, 0) is 25.5 Å². The van der Waals surface area contributed by atoms with Crippen LogP contribution in [0.4, 0.5) is 0 Å². The first-order chi connectivity index (χ1) is 17.4. The van der Waals surface area contributed by atoms with Crippen LogP contribution in [0, 0.1) is 0 Å². The molecule has 1 unspecified atom stereocenters. The summed E-state index contributed by atoms with van der Waals surface area (Å²) in [6, 6.07) is 6.93. The molecule has 1 aliphatic carbocycles. The lowest BCUT2D eigenvalue weighted by Crippen LogP contribution is -2.44. The second-order valence-corrected chi connectivity index (χ2v) is 8.91. The monoisotopic (exact) mass is 508 g/mol. The average Bonchev–Trinajstić information content (AvgIpc) is 3.39. The minimum Gasteiger partial charge on any atom is -0.494 e. The third-order valence-electron chi connectivity index (χ3n) is 5.97. The van der Waals surface area contributed by atoms with Crippen LogP contribution in [0.15, 0.2) is 24.3 Å². The quantitative estimate of drug-likeness (QED) is 0.191. The summed E-state index contributed by atoms with van der Waals surface area (Å²) in [5.74, 6) is 0.346. The lowest BCUT2D eigenvalue weighted by molar-refractivity contribution is -0.150. The highest BCUT2D eigenvalue weighted by Gasteiger charge is 2.34. The first-order valence-corrected chi connectivity index (χ1v) is 13.0. The minimum absolute atomic E-state index is 0.0413. The van der Waals surface area contributed by atoms with Crippen molar-refractivity contribution in [3.8, 4) is 5.75 Å². The van der Waals surface area contributed by atoms with Gasteiger partial charge in [0, 0.05) is 19.4 Å². The van der Waals surface area contributed by atoms with Gasteiger partial charge >= 0.3 is 5.97 Å². The number of nitrogens with one attached hydrogen (secondary N) is 1. The molecule has 3 N–H and O–H groups in total. The van der Waals surface area contributed by atoms with Crippen molar-refractivity contribution < 1.29 is 34.1 Å². The van der Waals surface area contributed by atoms with Crippen LogP contribution in [0.3, 0.4) is 0 Å². The molecular formula is C27H44N2O7. The highest BCUT2D eigenvalue weighted by atomic mass is 16.5. The van der Waals surface area contributed by atoms with Crippen molar-refractivity contribution in [3.63, 3.8) is 0 Å². The zero-order valence-corrected chi connectivity index (χ0v) is 21.8. The van der Waals surface area contributed by atoms with Crippen molar-refractivity contribution >= 4 is 18.2 Å². The lowest BCUT2D eigenvalue weighted by Gasteiger charge is -2.22. The molecule has 204 valence electrons. The van der Waals surface area contributed by atoms with E-state index in [0.717, 1.165) is 18.3 Å². The van der Waals surface area contributed by atoms with Crippen molar-refractivity contribution in [3.05, 3.63) is 29.8 Å². The summed E-state index contributed by atoms with van der Waals surface area (Å²) in [5, 5.41) is 20.0. The van der Waals surface area contributed by atoms with Gasteiger partial charge in [-0.1, -0.05) is 50.7 Å². The van der Waals surface area contributed by atoms with Crippen LogP contribution in [0.25, 0.3) is 0 Å². The Hall–Kier alpha value is -2.49. The summed E-state index contributed by atoms with van der Waals surface area (Å²) in [7, 11) is 3.06. The lowest BCUT2D eigenvalue weighted by atomic mass is 10.0. The van der Waals surface area contributed by atoms with E-state index in [4.69, 9.17) is 14.9 Å². The molecule has 0 radical (unpaired) electrons. The van der Waals surface area contributed by atoms with E-state index in [0.29, 0.717) is 44.6 Å². The zero-order chi connectivity index (χ0) is 26.6. The molecule has 1 aliphatic heterocycles. The van der Waals surface area contributed by atoms with E-state index in [9.17, 15) is 14.4 Å². The summed E-state index contributed by atoms with van der Waals surface area (Å²) in [6.45, 7) is 1.36. The van der Waals surface area contributed by atoms with Gasteiger partial charge in [0.25, 0.3) is 0 Å². The number of aliphatic hydroxyl groups is 2. The SMILES string of the molecule is C1CCCCC1.CNCC(=O)N1CCCC1C(=O)OC.O=CCc1cccc(OCCCC(O)O)c1. The fourth-order valence-corrected chi connectivity index (χ4v) is 4.07. The fraction of sp³-hybridized carbons (Fsp3) is 0.667. The van der Waals surface area contributed by atoms with Gasteiger partial charge in [-0.2, -0.15) is 0 Å². The van der Waals surface area contributed by atoms with Crippen LogP contribution >= 0.6 is 0 Å². The van der Waals surface area contributed by atoms with Crippen LogP contribution < -0.4 is 10.1 Å². The molecule has 36 heavy (non-hydrogen) atoms. The Morgan fingerprint density at radius 3 is 2.36 bits per heavy atom. The number of aliphatic hydroxyl groups excluding tert-OH is 1. The number of amides is 1.